The van der Waals surface area contributed by atoms with E-state index in [1.54, 1.807) is 6.08 Å². The molecule has 164 valence electrons. The van der Waals surface area contributed by atoms with E-state index in [2.05, 4.69) is 59.8 Å². The molecule has 4 nitrogen and oxygen atoms in total. The monoisotopic (exact) mass is 437 g/mol. The zero-order chi connectivity index (χ0) is 21.8. The van der Waals surface area contributed by atoms with Gasteiger partial charge in [-0.2, -0.15) is 0 Å². The van der Waals surface area contributed by atoms with E-state index in [9.17, 15) is 8.42 Å². The third-order valence-corrected chi connectivity index (χ3v) is 7.81. The first-order valence-corrected chi connectivity index (χ1v) is 12.6. The van der Waals surface area contributed by atoms with Crippen LogP contribution in [0, 0.1) is 0 Å². The van der Waals surface area contributed by atoms with E-state index in [0.717, 1.165) is 19.3 Å². The van der Waals surface area contributed by atoms with Crippen LogP contribution in [-0.2, 0) is 27.6 Å². The van der Waals surface area contributed by atoms with Crippen LogP contribution >= 0.6 is 0 Å². The second-order valence-electron chi connectivity index (χ2n) is 8.40. The minimum absolute atomic E-state index is 0.0821. The fraction of sp³-hybridized carbons (Fsp3) is 0.385. The van der Waals surface area contributed by atoms with Gasteiger partial charge in [-0.15, -0.1) is 0 Å². The molecule has 1 fully saturated rings. The van der Waals surface area contributed by atoms with Crippen LogP contribution in [0.2, 0.25) is 0 Å². The highest BCUT2D eigenvalue weighted by molar-refractivity contribution is 7.93. The lowest BCUT2D eigenvalue weighted by Gasteiger charge is -2.36. The molecule has 1 aliphatic heterocycles. The Hall–Kier alpha value is -2.21. The van der Waals surface area contributed by atoms with Gasteiger partial charge in [-0.1, -0.05) is 68.1 Å². The van der Waals surface area contributed by atoms with Crippen LogP contribution in [0.3, 0.4) is 0 Å². The summed E-state index contributed by atoms with van der Waals surface area (Å²) in [6, 6.07) is 17.0. The maximum Gasteiger partial charge on any atom is 0.240 e. The van der Waals surface area contributed by atoms with Gasteiger partial charge in [0.15, 0.2) is 0 Å². The van der Waals surface area contributed by atoms with Gasteiger partial charge in [0.05, 0.1) is 11.0 Å². The Morgan fingerprint density at radius 2 is 1.71 bits per heavy atom. The number of nitrogens with one attached hydrogen (secondary N) is 1. The van der Waals surface area contributed by atoms with Gasteiger partial charge in [-0.25, -0.2) is 13.1 Å². The van der Waals surface area contributed by atoms with E-state index in [0.29, 0.717) is 19.4 Å². The zero-order valence-electron chi connectivity index (χ0n) is 18.1. The highest BCUT2D eigenvalue weighted by atomic mass is 32.2. The van der Waals surface area contributed by atoms with Crippen molar-refractivity contribution in [3.63, 3.8) is 0 Å². The van der Waals surface area contributed by atoms with Crippen LogP contribution < -0.4 is 4.72 Å². The molecule has 1 N–H and O–H groups in total. The number of hydrogen-bond acceptors (Lipinski definition) is 3. The number of fused-ring (bicyclic) bond motifs is 2. The Morgan fingerprint density at radius 1 is 1.10 bits per heavy atom. The van der Waals surface area contributed by atoms with Crippen molar-refractivity contribution in [3.05, 3.63) is 94.4 Å². The van der Waals surface area contributed by atoms with Gasteiger partial charge >= 0.3 is 0 Å². The molecule has 31 heavy (non-hydrogen) atoms. The Morgan fingerprint density at radius 3 is 2.32 bits per heavy atom. The van der Waals surface area contributed by atoms with E-state index in [-0.39, 0.29) is 23.0 Å². The smallest absolute Gasteiger partial charge is 0.240 e. The highest BCUT2D eigenvalue weighted by Gasteiger charge is 2.36. The molecule has 1 saturated heterocycles. The molecule has 0 saturated carbocycles. The fourth-order valence-corrected chi connectivity index (χ4v) is 5.85. The summed E-state index contributed by atoms with van der Waals surface area (Å²) in [6.45, 7) is 6.25. The van der Waals surface area contributed by atoms with Gasteiger partial charge in [0, 0.05) is 18.6 Å². The molecule has 0 spiro atoms. The van der Waals surface area contributed by atoms with Crippen molar-refractivity contribution >= 4 is 10.0 Å². The Balaban J connectivity index is 1.61. The first-order chi connectivity index (χ1) is 15.0. The lowest BCUT2D eigenvalue weighted by Crippen LogP contribution is -2.44. The topological polar surface area (TPSA) is 55.4 Å². The summed E-state index contributed by atoms with van der Waals surface area (Å²) in [7, 11) is -3.60. The van der Waals surface area contributed by atoms with E-state index >= 15 is 0 Å². The molecule has 2 aromatic rings. The van der Waals surface area contributed by atoms with Gasteiger partial charge in [0.2, 0.25) is 10.0 Å². The van der Waals surface area contributed by atoms with Gasteiger partial charge in [-0.05, 0) is 60.4 Å². The van der Waals surface area contributed by atoms with Crippen LogP contribution in [0.4, 0.5) is 0 Å². The van der Waals surface area contributed by atoms with Crippen LogP contribution in [0.15, 0.2) is 72.2 Å². The Kier molecular flexibility index (Phi) is 6.75. The molecule has 2 aromatic carbocycles. The minimum Gasteiger partial charge on any atom is -0.377 e. The van der Waals surface area contributed by atoms with Crippen molar-refractivity contribution in [2.45, 2.75) is 57.1 Å². The number of rotatable bonds is 6. The summed E-state index contributed by atoms with van der Waals surface area (Å²) in [4.78, 5) is 0.113. The van der Waals surface area contributed by atoms with Crippen molar-refractivity contribution in [2.75, 3.05) is 6.61 Å². The highest BCUT2D eigenvalue weighted by Crippen LogP contribution is 2.40. The molecule has 0 aromatic heterocycles. The van der Waals surface area contributed by atoms with Crippen molar-refractivity contribution in [2.24, 2.45) is 0 Å². The average molecular weight is 438 g/mol. The van der Waals surface area contributed by atoms with Crippen LogP contribution in [-0.4, -0.2) is 27.2 Å². The third kappa shape index (κ3) is 4.84. The number of ether oxygens (including phenoxy) is 1. The molecular formula is C26H31NO3S. The second-order valence-corrected chi connectivity index (χ2v) is 10.2. The summed E-state index contributed by atoms with van der Waals surface area (Å²) in [5.74, 6) is 0.102. The van der Waals surface area contributed by atoms with E-state index in [1.807, 2.05) is 13.0 Å². The molecule has 2 atom stereocenters. The van der Waals surface area contributed by atoms with E-state index < -0.39 is 10.0 Å². The molecular weight excluding hydrogens is 406 g/mol. The van der Waals surface area contributed by atoms with Gasteiger partial charge in [-0.3, -0.25) is 0 Å². The largest absolute Gasteiger partial charge is 0.377 e. The third-order valence-electron chi connectivity index (χ3n) is 6.34. The first-order valence-electron chi connectivity index (χ1n) is 11.1. The standard InChI is InChI=1S/C26H31NO3S/c1-3-4-9-19(2)31(28,29)27-22-16-17-30-25(18-22)26-23-12-7-5-10-20(23)14-15-21-11-6-8-13-24(21)26/h4-13,22,25-27H,2-3,14-18H2,1H3/b9-4-. The van der Waals surface area contributed by atoms with Gasteiger partial charge in [0.1, 0.15) is 0 Å². The zero-order valence-corrected chi connectivity index (χ0v) is 18.9. The van der Waals surface area contributed by atoms with Crippen molar-refractivity contribution < 1.29 is 13.2 Å². The molecule has 0 bridgehead atoms. The van der Waals surface area contributed by atoms with Crippen molar-refractivity contribution in [3.8, 4) is 0 Å². The maximum absolute atomic E-state index is 12.7. The molecule has 2 unspecified atom stereocenters. The molecule has 1 aliphatic carbocycles. The number of sulfonamides is 1. The van der Waals surface area contributed by atoms with Crippen LogP contribution in [0.25, 0.3) is 0 Å². The summed E-state index contributed by atoms with van der Waals surface area (Å²) < 4.78 is 34.6. The lowest BCUT2D eigenvalue weighted by molar-refractivity contribution is -0.00393. The lowest BCUT2D eigenvalue weighted by atomic mass is 9.80. The predicted octanol–water partition coefficient (Wildman–Crippen LogP) is 4.86. The van der Waals surface area contributed by atoms with Gasteiger partial charge < -0.3 is 4.74 Å². The Bertz CT molecular complexity index is 1030. The molecule has 5 heteroatoms. The second kappa shape index (κ2) is 9.51. The quantitative estimate of drug-likeness (QED) is 0.657. The summed E-state index contributed by atoms with van der Waals surface area (Å²) in [5, 5.41) is 0. The minimum atomic E-state index is -3.60. The summed E-state index contributed by atoms with van der Waals surface area (Å²) in [5.41, 5.74) is 5.31. The first kappa shape index (κ1) is 22.0. The number of hydrogen-bond donors (Lipinski definition) is 1. The average Bonchev–Trinajstić information content (AvgIpc) is 2.94. The van der Waals surface area contributed by atoms with Crippen LogP contribution in [0.5, 0.6) is 0 Å². The Labute approximate surface area is 186 Å². The summed E-state index contributed by atoms with van der Waals surface area (Å²) >= 11 is 0. The van der Waals surface area contributed by atoms with E-state index in [1.165, 1.54) is 22.3 Å². The van der Waals surface area contributed by atoms with Crippen LogP contribution in [0.1, 0.15) is 54.4 Å². The van der Waals surface area contributed by atoms with Crippen molar-refractivity contribution in [1.29, 1.82) is 0 Å². The SMILES string of the molecule is C=C(/C=C\CC)S(=O)(=O)NC1CCOC(C2c3ccccc3CCc3ccccc32)C1. The van der Waals surface area contributed by atoms with Crippen molar-refractivity contribution in [1.82, 2.24) is 4.72 Å². The maximum atomic E-state index is 12.7. The molecule has 2 aliphatic rings. The summed E-state index contributed by atoms with van der Waals surface area (Å²) in [6.07, 6.45) is 7.40. The molecule has 0 amide bonds. The molecule has 0 radical (unpaired) electrons. The normalized spacial score (nSPS) is 22.0. The van der Waals surface area contributed by atoms with Gasteiger partial charge in [0.25, 0.3) is 0 Å². The fourth-order valence-electron chi connectivity index (χ4n) is 4.77. The number of allylic oxidation sites excluding steroid dienone is 2. The molecule has 4 rings (SSSR count). The number of aryl methyl sites for hydroxylation is 2. The molecule has 1 heterocycles. The van der Waals surface area contributed by atoms with E-state index in [4.69, 9.17) is 4.74 Å². The number of benzene rings is 2. The predicted molar refractivity (Wildman–Crippen MR) is 126 cm³/mol.